The Morgan fingerprint density at radius 2 is 1.71 bits per heavy atom. The molecule has 5 heteroatoms. The molecular weight excluding hydrogens is 116 g/mol. The molecule has 0 heterocycles. The molecule has 0 amide bonds. The van der Waals surface area contributed by atoms with Crippen molar-refractivity contribution in [3.05, 3.63) is 0 Å². The zero-order chi connectivity index (χ0) is 5.21. The molecule has 0 saturated carbocycles. The predicted octanol–water partition coefficient (Wildman–Crippen LogP) is -0.608. The van der Waals surface area contributed by atoms with Crippen LogP contribution in [0.25, 0.3) is 0 Å². The lowest BCUT2D eigenvalue weighted by Crippen LogP contribution is -2.06. The van der Waals surface area contributed by atoms with E-state index in [1.165, 1.54) is 0 Å². The molecule has 0 atom stereocenters. The smallest absolute Gasteiger partial charge is 0.216 e. The second-order valence-corrected chi connectivity index (χ2v) is 1.91. The maximum absolute atomic E-state index is 9.42. The zero-order valence-corrected chi connectivity index (χ0v) is 3.57. The quantitative estimate of drug-likeness (QED) is 0.343. The van der Waals surface area contributed by atoms with Gasteiger partial charge in [-0.2, -0.15) is 13.7 Å². The molecule has 0 aliphatic heterocycles. The second-order valence-electron chi connectivity index (χ2n) is 0.636. The first-order valence-corrected chi connectivity index (χ1v) is 2.54. The summed E-state index contributed by atoms with van der Waals surface area (Å²) < 4.78 is 18.8. The number of nitriles is 1. The molecule has 4 nitrogen and oxygen atoms in total. The van der Waals surface area contributed by atoms with Crippen LogP contribution in [0.15, 0.2) is 0 Å². The summed E-state index contributed by atoms with van der Waals surface area (Å²) in [4.78, 5) is 0. The number of rotatable bonds is 0. The summed E-state index contributed by atoms with van der Waals surface area (Å²) in [5.74, 6) is 0. The number of hydrogen-bond donors (Lipinski definition) is 1. The Morgan fingerprint density at radius 1 is 1.57 bits per heavy atom. The summed E-state index contributed by atoms with van der Waals surface area (Å²) in [6, 6.07) is 0. The van der Waals surface area contributed by atoms with Crippen molar-refractivity contribution in [1.29, 1.82) is 5.26 Å². The fraction of sp³-hybridized carbons (Fsp3) is 0.500. The van der Waals surface area contributed by atoms with Gasteiger partial charge >= 0.3 is 10.0 Å². The first kappa shape index (κ1) is 9.64. The lowest BCUT2D eigenvalue weighted by Gasteiger charge is -1.67. The first-order chi connectivity index (χ1) is 2.56. The first-order valence-electron chi connectivity index (χ1n) is 0.997. The van der Waals surface area contributed by atoms with E-state index in [1.807, 2.05) is 0 Å². The second kappa shape index (κ2) is 2.55. The Hall–Kier alpha value is -0.600. The van der Waals surface area contributed by atoms with Gasteiger partial charge in [-0.1, -0.05) is 7.43 Å². The van der Waals surface area contributed by atoms with Crippen molar-refractivity contribution in [1.82, 2.24) is 0 Å². The largest absolute Gasteiger partial charge is 0.302 e. The monoisotopic (exact) mass is 122 g/mol. The van der Waals surface area contributed by atoms with E-state index in [1.54, 1.807) is 0 Å². The van der Waals surface area contributed by atoms with Crippen LogP contribution in [0.2, 0.25) is 0 Å². The Kier molecular flexibility index (Phi) is 3.51. The van der Waals surface area contributed by atoms with Crippen molar-refractivity contribution in [2.24, 2.45) is 5.14 Å². The van der Waals surface area contributed by atoms with Gasteiger partial charge in [-0.05, 0) is 0 Å². The minimum absolute atomic E-state index is 0. The fourth-order valence-electron chi connectivity index (χ4n) is 0. The van der Waals surface area contributed by atoms with Gasteiger partial charge in [0.15, 0.2) is 0 Å². The summed E-state index contributed by atoms with van der Waals surface area (Å²) in [6.45, 7) is 0. The maximum Gasteiger partial charge on any atom is 0.302 e. The molecule has 7 heavy (non-hydrogen) atoms. The maximum atomic E-state index is 9.42. The molecule has 0 saturated heterocycles. The molecule has 0 unspecified atom stereocenters. The van der Waals surface area contributed by atoms with Crippen LogP contribution in [0, 0.1) is 10.7 Å². The van der Waals surface area contributed by atoms with Gasteiger partial charge in [-0.25, -0.2) is 5.14 Å². The lowest BCUT2D eigenvalue weighted by molar-refractivity contribution is 0.607. The molecule has 42 valence electrons. The highest BCUT2D eigenvalue weighted by Gasteiger charge is 1.90. The van der Waals surface area contributed by atoms with Gasteiger partial charge in [-0.15, -0.1) is 0 Å². The SMILES string of the molecule is C.N#CS(N)(=O)=O. The van der Waals surface area contributed by atoms with Crippen LogP contribution in [0.1, 0.15) is 7.43 Å². The minimum Gasteiger partial charge on any atom is -0.216 e. The van der Waals surface area contributed by atoms with Crippen LogP contribution < -0.4 is 5.14 Å². The average Bonchev–Trinajstić information content (AvgIpc) is 1.35. The predicted molar refractivity (Wildman–Crippen MR) is 25.5 cm³/mol. The van der Waals surface area contributed by atoms with E-state index in [9.17, 15) is 8.42 Å². The summed E-state index contributed by atoms with van der Waals surface area (Å²) in [5, 5.41) is 12.4. The minimum atomic E-state index is -3.86. The molecule has 0 fully saturated rings. The van der Waals surface area contributed by atoms with Crippen molar-refractivity contribution in [2.45, 2.75) is 7.43 Å². The van der Waals surface area contributed by atoms with Crippen molar-refractivity contribution < 1.29 is 8.42 Å². The normalized spacial score (nSPS) is 8.57. The van der Waals surface area contributed by atoms with Gasteiger partial charge in [0.25, 0.3) is 0 Å². The Bertz CT molecular complexity index is 163. The van der Waals surface area contributed by atoms with Gasteiger partial charge < -0.3 is 0 Å². The van der Waals surface area contributed by atoms with E-state index < -0.39 is 10.0 Å². The topological polar surface area (TPSA) is 83.9 Å². The Morgan fingerprint density at radius 3 is 1.71 bits per heavy atom. The third kappa shape index (κ3) is 10.8. The highest BCUT2D eigenvalue weighted by Crippen LogP contribution is 1.61. The van der Waals surface area contributed by atoms with Crippen molar-refractivity contribution in [2.75, 3.05) is 0 Å². The lowest BCUT2D eigenvalue weighted by atomic mass is 11.8. The van der Waals surface area contributed by atoms with Gasteiger partial charge in [0.2, 0.25) is 5.40 Å². The third-order valence-electron chi connectivity index (χ3n) is 0.127. The van der Waals surface area contributed by atoms with Gasteiger partial charge in [-0.3, -0.25) is 0 Å². The number of primary sulfonamides is 1. The number of sulfonamides is 1. The van der Waals surface area contributed by atoms with E-state index in [0.29, 0.717) is 0 Å². The van der Waals surface area contributed by atoms with Crippen LogP contribution in [-0.4, -0.2) is 8.42 Å². The molecule has 0 aromatic carbocycles. The highest BCUT2D eigenvalue weighted by molar-refractivity contribution is 7.93. The average molecular weight is 122 g/mol. The van der Waals surface area contributed by atoms with E-state index in [0.717, 1.165) is 5.40 Å². The molecule has 2 N–H and O–H groups in total. The van der Waals surface area contributed by atoms with E-state index >= 15 is 0 Å². The molecule has 0 aromatic rings. The van der Waals surface area contributed by atoms with Crippen LogP contribution >= 0.6 is 0 Å². The van der Waals surface area contributed by atoms with Crippen molar-refractivity contribution in [3.63, 3.8) is 0 Å². The van der Waals surface area contributed by atoms with Crippen LogP contribution in [0.3, 0.4) is 0 Å². The molecule has 0 rings (SSSR count). The van der Waals surface area contributed by atoms with Crippen LogP contribution in [0.4, 0.5) is 0 Å². The molecular formula is C2H6N2O2S. The molecule has 0 radical (unpaired) electrons. The van der Waals surface area contributed by atoms with Crippen molar-refractivity contribution in [3.8, 4) is 5.40 Å². The van der Waals surface area contributed by atoms with E-state index in [2.05, 4.69) is 5.14 Å². The molecule has 0 aromatic heterocycles. The molecule has 0 spiro atoms. The molecule has 0 bridgehead atoms. The Labute approximate surface area is 42.6 Å². The van der Waals surface area contributed by atoms with Crippen LogP contribution in [-0.2, 0) is 10.0 Å². The Balaban J connectivity index is 0. The highest BCUT2D eigenvalue weighted by atomic mass is 32.2. The summed E-state index contributed by atoms with van der Waals surface area (Å²) >= 11 is 0. The zero-order valence-electron chi connectivity index (χ0n) is 2.75. The number of hydrogen-bond acceptors (Lipinski definition) is 3. The fourth-order valence-corrected chi connectivity index (χ4v) is 0. The van der Waals surface area contributed by atoms with Crippen LogP contribution in [0.5, 0.6) is 0 Å². The van der Waals surface area contributed by atoms with E-state index in [4.69, 9.17) is 5.26 Å². The van der Waals surface area contributed by atoms with Crippen molar-refractivity contribution >= 4 is 10.0 Å². The number of nitrogens with zero attached hydrogens (tertiary/aromatic N) is 1. The summed E-state index contributed by atoms with van der Waals surface area (Å²) in [6.07, 6.45) is 0. The van der Waals surface area contributed by atoms with E-state index in [-0.39, 0.29) is 7.43 Å². The summed E-state index contributed by atoms with van der Waals surface area (Å²) in [7, 11) is -3.86. The molecule has 0 aliphatic carbocycles. The third-order valence-corrected chi connectivity index (χ3v) is 0.382. The van der Waals surface area contributed by atoms with Gasteiger partial charge in [0.1, 0.15) is 0 Å². The molecule has 0 aliphatic rings. The number of thiocyanates is 1. The summed E-state index contributed by atoms with van der Waals surface area (Å²) in [5.41, 5.74) is 0. The standard InChI is InChI=1S/CH2N2O2S.CH4/c2-1-6(3,4)5;/h(H2,3,4,5);1H4. The van der Waals surface area contributed by atoms with Gasteiger partial charge in [0.05, 0.1) is 0 Å². The number of nitrogens with two attached hydrogens (primary N) is 1. The van der Waals surface area contributed by atoms with Gasteiger partial charge in [0, 0.05) is 0 Å².